The number of nitrogen functional groups attached to an aromatic ring is 1. The second-order valence-corrected chi connectivity index (χ2v) is 7.33. The minimum Gasteiger partial charge on any atom is -0.477 e. The van der Waals surface area contributed by atoms with Gasteiger partial charge in [-0.25, -0.2) is 4.98 Å². The number of fused-ring (bicyclic) bond motifs is 1. The third kappa shape index (κ3) is 3.71. The number of nitrogens with zero attached hydrogens (tertiary/aromatic N) is 2. The molecule has 3 aromatic rings. The van der Waals surface area contributed by atoms with Gasteiger partial charge >= 0.3 is 6.18 Å². The van der Waals surface area contributed by atoms with Crippen molar-refractivity contribution < 1.29 is 17.9 Å². The second-order valence-electron chi connectivity index (χ2n) is 6.92. The third-order valence-corrected chi connectivity index (χ3v) is 5.28. The van der Waals surface area contributed by atoms with Gasteiger partial charge in [0.25, 0.3) is 0 Å². The summed E-state index contributed by atoms with van der Waals surface area (Å²) in [6.07, 6.45) is -0.980. The predicted octanol–water partition coefficient (Wildman–Crippen LogP) is 5.73. The lowest BCUT2D eigenvalue weighted by Crippen LogP contribution is -2.19. The average Bonchev–Trinajstić information content (AvgIpc) is 2.59. The number of halogens is 4. The molecule has 0 unspecified atom stereocenters. The molecule has 8 heteroatoms. The summed E-state index contributed by atoms with van der Waals surface area (Å²) in [5.74, 6) is 0.995. The molecule has 1 saturated carbocycles. The molecule has 0 radical (unpaired) electrons. The van der Waals surface area contributed by atoms with Gasteiger partial charge in [0.1, 0.15) is 0 Å². The highest BCUT2D eigenvalue weighted by atomic mass is 35.5. The maximum atomic E-state index is 12.9. The Hall–Kier alpha value is -2.54. The molecule has 0 spiro atoms. The van der Waals surface area contributed by atoms with E-state index in [0.29, 0.717) is 40.4 Å². The van der Waals surface area contributed by atoms with Crippen LogP contribution in [0.1, 0.15) is 24.8 Å². The van der Waals surface area contributed by atoms with Gasteiger partial charge in [0.05, 0.1) is 23.1 Å². The topological polar surface area (TPSA) is 61.0 Å². The average molecular weight is 408 g/mol. The predicted molar refractivity (Wildman–Crippen MR) is 102 cm³/mol. The SMILES string of the molecule is Nc1nc(OCC2CCC2)c2cc(-c3ccc(C(F)(F)F)cc3Cl)ccc2n1. The number of anilines is 1. The number of hydrogen-bond donors (Lipinski definition) is 1. The van der Waals surface area contributed by atoms with Gasteiger partial charge in [0, 0.05) is 10.6 Å². The van der Waals surface area contributed by atoms with E-state index in [1.54, 1.807) is 18.2 Å². The third-order valence-electron chi connectivity index (χ3n) is 4.97. The van der Waals surface area contributed by atoms with Gasteiger partial charge in [-0.2, -0.15) is 18.2 Å². The summed E-state index contributed by atoms with van der Waals surface area (Å²) in [4.78, 5) is 8.40. The lowest BCUT2D eigenvalue weighted by atomic mass is 9.86. The van der Waals surface area contributed by atoms with Crippen LogP contribution in [0.15, 0.2) is 36.4 Å². The van der Waals surface area contributed by atoms with Gasteiger partial charge in [-0.3, -0.25) is 0 Å². The van der Waals surface area contributed by atoms with Crippen LogP contribution in [0.3, 0.4) is 0 Å². The van der Waals surface area contributed by atoms with Crippen molar-refractivity contribution in [2.24, 2.45) is 5.92 Å². The molecular formula is C20H17ClF3N3O. The maximum absolute atomic E-state index is 12.9. The Morgan fingerprint density at radius 2 is 1.89 bits per heavy atom. The van der Waals surface area contributed by atoms with E-state index in [0.717, 1.165) is 25.0 Å². The fourth-order valence-electron chi connectivity index (χ4n) is 3.18. The molecule has 28 heavy (non-hydrogen) atoms. The van der Waals surface area contributed by atoms with E-state index in [1.807, 2.05) is 0 Å². The molecule has 0 amide bonds. The van der Waals surface area contributed by atoms with Crippen LogP contribution in [0.5, 0.6) is 5.88 Å². The summed E-state index contributed by atoms with van der Waals surface area (Å²) in [6, 6.07) is 8.53. The largest absolute Gasteiger partial charge is 0.477 e. The first kappa shape index (κ1) is 18.8. The van der Waals surface area contributed by atoms with Crippen molar-refractivity contribution in [1.29, 1.82) is 0 Å². The molecular weight excluding hydrogens is 391 g/mol. The standard InChI is InChI=1S/C20H17ClF3N3O/c21-16-9-13(20(22,23)24)5-6-14(16)12-4-7-17-15(8-12)18(27-19(25)26-17)28-10-11-2-1-3-11/h4-9,11H,1-3,10H2,(H2,25,26,27). The first-order valence-electron chi connectivity index (χ1n) is 8.88. The minimum absolute atomic E-state index is 0.0162. The number of rotatable bonds is 4. The number of aromatic nitrogens is 2. The van der Waals surface area contributed by atoms with Gasteiger partial charge in [0.15, 0.2) is 0 Å². The zero-order valence-electron chi connectivity index (χ0n) is 14.8. The molecule has 2 aromatic carbocycles. The Labute approximate surface area is 164 Å². The number of alkyl halides is 3. The van der Waals surface area contributed by atoms with Crippen molar-refractivity contribution >= 4 is 28.5 Å². The number of benzene rings is 2. The maximum Gasteiger partial charge on any atom is 0.416 e. The first-order chi connectivity index (χ1) is 13.3. The molecule has 0 aliphatic heterocycles. The number of nitrogens with two attached hydrogens (primary N) is 1. The summed E-state index contributed by atoms with van der Waals surface area (Å²) in [5.41, 5.74) is 6.72. The molecule has 1 aliphatic carbocycles. The molecule has 0 atom stereocenters. The molecule has 4 nitrogen and oxygen atoms in total. The summed E-state index contributed by atoms with van der Waals surface area (Å²) in [7, 11) is 0. The van der Waals surface area contributed by atoms with E-state index in [1.165, 1.54) is 12.5 Å². The summed E-state index contributed by atoms with van der Waals surface area (Å²) in [5, 5.41) is 0.657. The summed E-state index contributed by atoms with van der Waals surface area (Å²) >= 11 is 6.13. The van der Waals surface area contributed by atoms with E-state index in [9.17, 15) is 13.2 Å². The molecule has 2 N–H and O–H groups in total. The molecule has 1 aromatic heterocycles. The van der Waals surface area contributed by atoms with Crippen LogP contribution < -0.4 is 10.5 Å². The first-order valence-corrected chi connectivity index (χ1v) is 9.26. The molecule has 1 aliphatic rings. The van der Waals surface area contributed by atoms with Crippen molar-refractivity contribution in [3.05, 3.63) is 47.0 Å². The zero-order chi connectivity index (χ0) is 19.9. The molecule has 1 heterocycles. The summed E-state index contributed by atoms with van der Waals surface area (Å²) < 4.78 is 44.5. The molecule has 0 saturated heterocycles. The Balaban J connectivity index is 1.73. The van der Waals surface area contributed by atoms with Crippen LogP contribution in [0.2, 0.25) is 5.02 Å². The normalized spacial score (nSPS) is 14.9. The van der Waals surface area contributed by atoms with Crippen molar-refractivity contribution in [3.63, 3.8) is 0 Å². The van der Waals surface area contributed by atoms with Crippen molar-refractivity contribution in [3.8, 4) is 17.0 Å². The lowest BCUT2D eigenvalue weighted by Gasteiger charge is -2.25. The van der Waals surface area contributed by atoms with Gasteiger partial charge < -0.3 is 10.5 Å². The Bertz CT molecular complexity index is 1040. The van der Waals surface area contributed by atoms with E-state index >= 15 is 0 Å². The highest BCUT2D eigenvalue weighted by Crippen LogP contribution is 2.37. The Morgan fingerprint density at radius 1 is 1.11 bits per heavy atom. The van der Waals surface area contributed by atoms with Crippen LogP contribution >= 0.6 is 11.6 Å². The van der Waals surface area contributed by atoms with Crippen LogP contribution in [0, 0.1) is 5.92 Å². The fourth-order valence-corrected chi connectivity index (χ4v) is 3.47. The van der Waals surface area contributed by atoms with Crippen LogP contribution in [0.4, 0.5) is 19.1 Å². The number of ether oxygens (including phenoxy) is 1. The van der Waals surface area contributed by atoms with E-state index < -0.39 is 11.7 Å². The molecule has 146 valence electrons. The zero-order valence-corrected chi connectivity index (χ0v) is 15.5. The Kier molecular flexibility index (Phi) is 4.79. The number of hydrogen-bond acceptors (Lipinski definition) is 4. The molecule has 0 bridgehead atoms. The van der Waals surface area contributed by atoms with Crippen molar-refractivity contribution in [1.82, 2.24) is 9.97 Å². The monoisotopic (exact) mass is 407 g/mol. The highest BCUT2D eigenvalue weighted by molar-refractivity contribution is 6.33. The Morgan fingerprint density at radius 3 is 2.54 bits per heavy atom. The van der Waals surface area contributed by atoms with Crippen LogP contribution in [-0.2, 0) is 6.18 Å². The van der Waals surface area contributed by atoms with Crippen LogP contribution in [-0.4, -0.2) is 16.6 Å². The van der Waals surface area contributed by atoms with Crippen LogP contribution in [0.25, 0.3) is 22.0 Å². The second kappa shape index (κ2) is 7.13. The minimum atomic E-state index is -4.44. The molecule has 4 rings (SSSR count). The van der Waals surface area contributed by atoms with E-state index in [2.05, 4.69) is 9.97 Å². The fraction of sp³-hybridized carbons (Fsp3) is 0.300. The van der Waals surface area contributed by atoms with Gasteiger partial charge in [-0.05, 0) is 48.6 Å². The smallest absolute Gasteiger partial charge is 0.416 e. The lowest BCUT2D eigenvalue weighted by molar-refractivity contribution is -0.137. The van der Waals surface area contributed by atoms with E-state index in [4.69, 9.17) is 22.1 Å². The van der Waals surface area contributed by atoms with Gasteiger partial charge in [-0.1, -0.05) is 30.2 Å². The van der Waals surface area contributed by atoms with Gasteiger partial charge in [0.2, 0.25) is 11.8 Å². The van der Waals surface area contributed by atoms with E-state index in [-0.39, 0.29) is 11.0 Å². The highest BCUT2D eigenvalue weighted by Gasteiger charge is 2.31. The van der Waals surface area contributed by atoms with Gasteiger partial charge in [-0.15, -0.1) is 0 Å². The summed E-state index contributed by atoms with van der Waals surface area (Å²) in [6.45, 7) is 0.552. The quantitative estimate of drug-likeness (QED) is 0.600. The van der Waals surface area contributed by atoms with Crippen molar-refractivity contribution in [2.75, 3.05) is 12.3 Å². The van der Waals surface area contributed by atoms with Crippen molar-refractivity contribution in [2.45, 2.75) is 25.4 Å². The molecule has 1 fully saturated rings.